The Hall–Kier alpha value is -1.30. The molecule has 2 rings (SSSR count). The van der Waals surface area contributed by atoms with Crippen molar-refractivity contribution >= 4 is 48.5 Å². The highest BCUT2D eigenvalue weighted by atomic mass is 32.2. The number of hydrogen-bond acceptors (Lipinski definition) is 7. The SMILES string of the molecule is CC(C)(C)OC(=O)N(COCC[Si](C)(C)C)C(=N)S[C@@]1(C)CSC[C@@H]1[C@@H](CF)c1cc(N)ccc1F. The molecule has 0 bridgehead atoms. The third-order valence-electron chi connectivity index (χ3n) is 5.95. The summed E-state index contributed by atoms with van der Waals surface area (Å²) in [5.41, 5.74) is 5.76. The summed E-state index contributed by atoms with van der Waals surface area (Å²) in [5.74, 6) is -0.237. The van der Waals surface area contributed by atoms with Gasteiger partial charge in [-0.15, -0.1) is 0 Å². The molecule has 0 spiro atoms. The van der Waals surface area contributed by atoms with Gasteiger partial charge in [0.15, 0.2) is 5.17 Å². The maximum Gasteiger partial charge on any atom is 0.418 e. The number of benzene rings is 1. The van der Waals surface area contributed by atoms with E-state index in [1.807, 2.05) is 6.92 Å². The van der Waals surface area contributed by atoms with E-state index >= 15 is 0 Å². The van der Waals surface area contributed by atoms with Crippen molar-refractivity contribution in [2.24, 2.45) is 5.92 Å². The summed E-state index contributed by atoms with van der Waals surface area (Å²) in [6.07, 6.45) is -0.664. The van der Waals surface area contributed by atoms with Crippen LogP contribution in [0.25, 0.3) is 0 Å². The van der Waals surface area contributed by atoms with Crippen LogP contribution in [0.1, 0.15) is 39.2 Å². The molecule has 1 fully saturated rings. The number of nitrogens with one attached hydrogen (secondary N) is 1. The Morgan fingerprint density at radius 2 is 2.06 bits per heavy atom. The molecule has 1 aliphatic rings. The lowest BCUT2D eigenvalue weighted by Gasteiger charge is -2.37. The van der Waals surface area contributed by atoms with Crippen molar-refractivity contribution in [1.82, 2.24) is 4.90 Å². The third kappa shape index (κ3) is 8.92. The lowest BCUT2D eigenvalue weighted by molar-refractivity contribution is 0.0111. The third-order valence-corrected chi connectivity index (χ3v) is 10.6. The highest BCUT2D eigenvalue weighted by Crippen LogP contribution is 2.51. The average Bonchev–Trinajstić information content (AvgIpc) is 3.09. The van der Waals surface area contributed by atoms with Crippen molar-refractivity contribution < 1.29 is 23.0 Å². The van der Waals surface area contributed by atoms with Crippen LogP contribution in [0.5, 0.6) is 0 Å². The van der Waals surface area contributed by atoms with Gasteiger partial charge in [-0.05, 0) is 69.2 Å². The van der Waals surface area contributed by atoms with Gasteiger partial charge in [0.2, 0.25) is 0 Å². The zero-order chi connectivity index (χ0) is 27.3. The van der Waals surface area contributed by atoms with Crippen molar-refractivity contribution in [2.45, 2.75) is 69.6 Å². The Balaban J connectivity index is 2.24. The number of nitrogens with zero attached hydrogens (tertiary/aromatic N) is 1. The molecule has 0 aromatic heterocycles. The number of amides is 1. The Labute approximate surface area is 223 Å². The molecule has 204 valence electrons. The number of nitrogen functional groups attached to an aromatic ring is 1. The van der Waals surface area contributed by atoms with Gasteiger partial charge in [0.25, 0.3) is 0 Å². The van der Waals surface area contributed by atoms with Crippen molar-refractivity contribution in [1.29, 1.82) is 5.41 Å². The molecule has 11 heteroatoms. The predicted molar refractivity (Wildman–Crippen MR) is 151 cm³/mol. The van der Waals surface area contributed by atoms with Gasteiger partial charge in [-0.3, -0.25) is 9.80 Å². The first-order valence-corrected chi connectivity index (χ1v) is 17.8. The van der Waals surface area contributed by atoms with Crippen LogP contribution in [0.15, 0.2) is 18.2 Å². The maximum absolute atomic E-state index is 14.7. The first-order chi connectivity index (χ1) is 16.6. The number of hydrogen-bond donors (Lipinski definition) is 2. The molecule has 3 atom stereocenters. The van der Waals surface area contributed by atoms with Crippen molar-refractivity contribution in [3.63, 3.8) is 0 Å². The molecule has 1 aromatic carbocycles. The molecular weight excluding hydrogens is 521 g/mol. The number of carbonyl (C=O) groups excluding carboxylic acids is 1. The van der Waals surface area contributed by atoms with E-state index in [2.05, 4.69) is 19.6 Å². The molecule has 0 aliphatic carbocycles. The Bertz CT molecular complexity index is 927. The van der Waals surface area contributed by atoms with E-state index in [1.165, 1.54) is 34.9 Å². The summed E-state index contributed by atoms with van der Waals surface area (Å²) < 4.78 is 39.8. The summed E-state index contributed by atoms with van der Waals surface area (Å²) in [4.78, 5) is 14.2. The molecule has 1 amide bonds. The monoisotopic (exact) mass is 561 g/mol. The van der Waals surface area contributed by atoms with Crippen LogP contribution < -0.4 is 5.73 Å². The van der Waals surface area contributed by atoms with E-state index in [-0.39, 0.29) is 23.4 Å². The van der Waals surface area contributed by atoms with Crippen LogP contribution in [0.2, 0.25) is 25.7 Å². The van der Waals surface area contributed by atoms with Gasteiger partial charge in [-0.1, -0.05) is 31.4 Å². The summed E-state index contributed by atoms with van der Waals surface area (Å²) in [5, 5.41) is 8.79. The largest absolute Gasteiger partial charge is 0.443 e. The standard InChI is InChI=1S/C25H41F2N3O3S2Si/c1-24(2,3)33-23(31)30(16-32-10-11-36(5,6)7)22(29)35-25(4)15-34-14-20(25)19(13-26)18-12-17(28)8-9-21(18)27/h8-9,12,19-20,29H,10-11,13-16,28H2,1-7H3/t19-,20+,25-/m0/s1. The van der Waals surface area contributed by atoms with Crippen LogP contribution in [-0.2, 0) is 9.47 Å². The number of rotatable bonds is 9. The normalized spacial score (nSPS) is 21.3. The van der Waals surface area contributed by atoms with Crippen molar-refractivity contribution in [3.8, 4) is 0 Å². The molecule has 1 aromatic rings. The number of nitrogens with two attached hydrogens (primary N) is 1. The van der Waals surface area contributed by atoms with Gasteiger partial charge in [0.1, 0.15) is 18.1 Å². The average molecular weight is 562 g/mol. The van der Waals surface area contributed by atoms with Gasteiger partial charge < -0.3 is 15.2 Å². The molecule has 0 radical (unpaired) electrons. The number of alkyl halides is 1. The quantitative estimate of drug-likeness (QED) is 0.0861. The first kappa shape index (κ1) is 30.9. The Morgan fingerprint density at radius 3 is 2.64 bits per heavy atom. The summed E-state index contributed by atoms with van der Waals surface area (Å²) in [6, 6.07) is 5.15. The second-order valence-electron chi connectivity index (χ2n) is 11.6. The van der Waals surface area contributed by atoms with Crippen LogP contribution >= 0.6 is 23.5 Å². The first-order valence-electron chi connectivity index (χ1n) is 12.1. The van der Waals surface area contributed by atoms with Crippen molar-refractivity contribution in [2.75, 3.05) is 37.3 Å². The summed E-state index contributed by atoms with van der Waals surface area (Å²) in [7, 11) is -1.33. The Morgan fingerprint density at radius 1 is 1.39 bits per heavy atom. The molecule has 6 nitrogen and oxygen atoms in total. The van der Waals surface area contributed by atoms with E-state index < -0.39 is 42.9 Å². The van der Waals surface area contributed by atoms with E-state index in [0.717, 1.165) is 6.04 Å². The second-order valence-corrected chi connectivity index (χ2v) is 19.8. The molecular formula is C25H41F2N3O3S2Si. The number of amidine groups is 1. The minimum absolute atomic E-state index is 0.0297. The van der Waals surface area contributed by atoms with Gasteiger partial charge in [-0.25, -0.2) is 14.1 Å². The van der Waals surface area contributed by atoms with Crippen LogP contribution in [0.3, 0.4) is 0 Å². The van der Waals surface area contributed by atoms with E-state index in [1.54, 1.807) is 32.5 Å². The fourth-order valence-electron chi connectivity index (χ4n) is 3.89. The van der Waals surface area contributed by atoms with Crippen molar-refractivity contribution in [3.05, 3.63) is 29.6 Å². The van der Waals surface area contributed by atoms with Crippen LogP contribution in [-0.4, -0.2) is 66.1 Å². The molecule has 36 heavy (non-hydrogen) atoms. The number of ether oxygens (including phenoxy) is 2. The van der Waals surface area contributed by atoms with E-state index in [9.17, 15) is 13.6 Å². The number of carbonyl (C=O) groups is 1. The summed E-state index contributed by atoms with van der Waals surface area (Å²) in [6.45, 7) is 13.6. The minimum Gasteiger partial charge on any atom is -0.443 e. The molecule has 1 heterocycles. The molecule has 0 unspecified atom stereocenters. The Kier molecular flexibility index (Phi) is 10.7. The van der Waals surface area contributed by atoms with Gasteiger partial charge in [0, 0.05) is 36.8 Å². The topological polar surface area (TPSA) is 88.6 Å². The molecule has 1 saturated heterocycles. The molecule has 3 N–H and O–H groups in total. The minimum atomic E-state index is -1.33. The van der Waals surface area contributed by atoms with Gasteiger partial charge >= 0.3 is 6.09 Å². The predicted octanol–water partition coefficient (Wildman–Crippen LogP) is 6.80. The van der Waals surface area contributed by atoms with Gasteiger partial charge in [0.05, 0.1) is 6.67 Å². The lowest BCUT2D eigenvalue weighted by Crippen LogP contribution is -2.44. The van der Waals surface area contributed by atoms with Gasteiger partial charge in [-0.2, -0.15) is 11.8 Å². The highest BCUT2D eigenvalue weighted by molar-refractivity contribution is 8.16. The smallest absolute Gasteiger partial charge is 0.418 e. The fourth-order valence-corrected chi connectivity index (χ4v) is 7.91. The number of halogens is 2. The maximum atomic E-state index is 14.7. The van der Waals surface area contributed by atoms with Crippen LogP contribution in [0.4, 0.5) is 19.3 Å². The summed E-state index contributed by atoms with van der Waals surface area (Å²) >= 11 is 2.82. The fraction of sp³-hybridized carbons (Fsp3) is 0.680. The zero-order valence-electron chi connectivity index (χ0n) is 22.5. The second kappa shape index (κ2) is 12.5. The van der Waals surface area contributed by atoms with Crippen LogP contribution in [0, 0.1) is 17.1 Å². The van der Waals surface area contributed by atoms with E-state index in [4.69, 9.17) is 20.6 Å². The molecule has 0 saturated carbocycles. The molecule has 1 aliphatic heterocycles. The van der Waals surface area contributed by atoms with E-state index in [0.29, 0.717) is 23.8 Å². The lowest BCUT2D eigenvalue weighted by atomic mass is 9.80. The number of thioether (sulfide) groups is 2. The number of anilines is 1. The zero-order valence-corrected chi connectivity index (χ0v) is 25.1. The highest BCUT2D eigenvalue weighted by Gasteiger charge is 2.47.